The standard InChI is InChI=1S/C33H25BrClNO.C27H23NO.C6H3BrClF.CH2O3.2K.H/c1-33(2)28-19-17-25(37-31-15-9-14-30(34)32(31)35)21-27(28)26-18-16-24(20-29(26)33)36(22-10-5-3-6-11-22)23-12-7-4-8-13-23;1-27(2)25-16-14-22(29)18-24(25)23-15-13-21(17-26(23)27)28(19-9-5-3-6-10-19)20-11-7-4-8-12-20;7-4-2-1-3-5(9)6(4)8;2-1-4-3;;;/h3-21H,1-2H3;3-18,29H,1-2H3;1-3H;1,3H;;;/q;;;;2*+1;-1/p-1. The summed E-state index contributed by atoms with van der Waals surface area (Å²) in [4.78, 5) is 15.8. The molecule has 0 radical (unpaired) electrons. The van der Waals surface area contributed by atoms with E-state index in [0.717, 1.165) is 49.9 Å². The van der Waals surface area contributed by atoms with Gasteiger partial charge in [-0.15, -0.1) is 0 Å². The molecule has 0 heterocycles. The zero-order valence-corrected chi connectivity index (χ0v) is 56.3. The fourth-order valence-electron chi connectivity index (χ4n) is 10.2. The molecule has 2 aliphatic carbocycles. The molecule has 0 aromatic heterocycles. The number of para-hydroxylation sites is 4. The van der Waals surface area contributed by atoms with Gasteiger partial charge in [-0.25, -0.2) is 4.39 Å². The van der Waals surface area contributed by atoms with E-state index in [1.807, 2.05) is 42.5 Å². The Morgan fingerprint density at radius 3 is 1.28 bits per heavy atom. The average Bonchev–Trinajstić information content (AvgIpc) is 3.44. The van der Waals surface area contributed by atoms with Crippen molar-refractivity contribution in [3.8, 4) is 39.5 Å². The van der Waals surface area contributed by atoms with E-state index in [9.17, 15) is 9.50 Å². The molecule has 1 N–H and O–H groups in total. The molecule has 0 saturated carbocycles. The predicted molar refractivity (Wildman–Crippen MR) is 326 cm³/mol. The van der Waals surface area contributed by atoms with E-state index in [0.29, 0.717) is 21.0 Å². The molecule has 0 amide bonds. The van der Waals surface area contributed by atoms with Crippen molar-refractivity contribution in [3.05, 3.63) is 278 Å². The molecule has 0 bridgehead atoms. The van der Waals surface area contributed by atoms with Gasteiger partial charge in [0.05, 0.1) is 10.0 Å². The number of anilines is 6. The van der Waals surface area contributed by atoms with Gasteiger partial charge in [0.15, 0.2) is 0 Å². The number of carbonyl (C=O) groups excluding carboxylic acids is 1. The van der Waals surface area contributed by atoms with Crippen LogP contribution in [0, 0.1) is 5.82 Å². The van der Waals surface area contributed by atoms with Gasteiger partial charge in [-0.1, -0.05) is 160 Å². The van der Waals surface area contributed by atoms with E-state index in [1.165, 1.54) is 45.0 Å². The first-order chi connectivity index (χ1) is 38.1. The number of halogens is 5. The van der Waals surface area contributed by atoms with Gasteiger partial charge >= 0.3 is 103 Å². The van der Waals surface area contributed by atoms with Gasteiger partial charge in [-0.05, 0) is 198 Å². The number of ether oxygens (including phenoxy) is 1. The first-order valence-corrected chi connectivity index (χ1v) is 27.5. The number of aromatic hydroxyl groups is 1. The first kappa shape index (κ1) is 64.1. The molecule has 0 saturated heterocycles. The Labute approximate surface area is 586 Å². The molecule has 2 aliphatic rings. The maximum absolute atomic E-state index is 12.4. The molecule has 10 aromatic carbocycles. The summed E-state index contributed by atoms with van der Waals surface area (Å²) in [6.45, 7) is 8.92. The molecular weight excluding hydrogens is 1240 g/mol. The van der Waals surface area contributed by atoms with Crippen molar-refractivity contribution in [2.75, 3.05) is 9.80 Å². The zero-order valence-electron chi connectivity index (χ0n) is 46.4. The molecule has 81 heavy (non-hydrogen) atoms. The van der Waals surface area contributed by atoms with Crippen molar-refractivity contribution < 1.29 is 133 Å². The number of hydrogen-bond acceptors (Lipinski definition) is 7. The third kappa shape index (κ3) is 14.4. The Kier molecular flexibility index (Phi) is 22.9. The number of rotatable bonds is 9. The van der Waals surface area contributed by atoms with E-state index < -0.39 is 5.82 Å². The van der Waals surface area contributed by atoms with Crippen molar-refractivity contribution in [2.24, 2.45) is 0 Å². The Morgan fingerprint density at radius 1 is 0.481 bits per heavy atom. The first-order valence-electron chi connectivity index (χ1n) is 25.1. The van der Waals surface area contributed by atoms with Gasteiger partial charge in [0.1, 0.15) is 23.1 Å². The van der Waals surface area contributed by atoms with Crippen LogP contribution in [0.15, 0.2) is 239 Å². The largest absolute Gasteiger partial charge is 1.00 e. The Balaban J connectivity index is 0.000000213. The molecule has 10 aromatic rings. The van der Waals surface area contributed by atoms with Crippen molar-refractivity contribution >= 4 is 95.7 Å². The number of phenols is 1. The molecule has 7 nitrogen and oxygen atoms in total. The Morgan fingerprint density at radius 2 is 0.877 bits per heavy atom. The number of phenolic OH excluding ortho intramolecular Hbond substituents is 1. The molecule has 0 aliphatic heterocycles. The molecule has 14 heteroatoms. The molecule has 0 spiro atoms. The van der Waals surface area contributed by atoms with Crippen LogP contribution in [0.4, 0.5) is 38.5 Å². The summed E-state index contributed by atoms with van der Waals surface area (Å²) < 4.78 is 20.0. The molecule has 0 atom stereocenters. The Bertz CT molecular complexity index is 3680. The maximum Gasteiger partial charge on any atom is 1.00 e. The average molecular weight is 1290 g/mol. The van der Waals surface area contributed by atoms with E-state index in [2.05, 4.69) is 238 Å². The normalized spacial score (nSPS) is 12.2. The number of benzene rings is 10. The summed E-state index contributed by atoms with van der Waals surface area (Å²) in [5.41, 5.74) is 16.4. The Hall–Kier alpha value is -4.43. The van der Waals surface area contributed by atoms with Gasteiger partial charge in [0.2, 0.25) is 0 Å². The van der Waals surface area contributed by atoms with Crippen molar-refractivity contribution in [2.45, 2.75) is 38.5 Å². The summed E-state index contributed by atoms with van der Waals surface area (Å²) in [6.07, 6.45) is 0. The fraction of sp³-hybridized carbons (Fsp3) is 0.0896. The molecule has 12 rings (SSSR count). The minimum absolute atomic E-state index is 0. The quantitative estimate of drug-likeness (QED) is 0.0507. The third-order valence-corrected chi connectivity index (χ3v) is 16.5. The van der Waals surface area contributed by atoms with Gasteiger partial charge < -0.3 is 31.2 Å². The smallest absolute Gasteiger partial charge is 1.00 e. The summed E-state index contributed by atoms with van der Waals surface area (Å²) in [5, 5.41) is 19.2. The van der Waals surface area contributed by atoms with Crippen LogP contribution in [0.25, 0.3) is 22.3 Å². The van der Waals surface area contributed by atoms with Crippen LogP contribution in [0.5, 0.6) is 17.2 Å². The number of fused-ring (bicyclic) bond motifs is 6. The molecule has 398 valence electrons. The van der Waals surface area contributed by atoms with Gasteiger partial charge in [0.25, 0.3) is 6.47 Å². The van der Waals surface area contributed by atoms with Crippen molar-refractivity contribution in [1.82, 2.24) is 0 Å². The van der Waals surface area contributed by atoms with Crippen LogP contribution in [0.2, 0.25) is 10.0 Å². The number of carbonyl (C=O) groups is 1. The number of hydrogen-bond donors (Lipinski definition) is 1. The van der Waals surface area contributed by atoms with E-state index in [4.69, 9.17) is 38.0 Å². The minimum Gasteiger partial charge on any atom is -1.00 e. The van der Waals surface area contributed by atoms with E-state index in [1.54, 1.807) is 18.2 Å². The minimum atomic E-state index is -0.397. The molecular formula is C67H53Br2Cl2FK2N2O5. The fourth-order valence-corrected chi connectivity index (χ4v) is 11.1. The maximum atomic E-state index is 12.4. The van der Waals surface area contributed by atoms with Gasteiger partial charge in [-0.2, -0.15) is 0 Å². The second-order valence-electron chi connectivity index (χ2n) is 19.5. The third-order valence-electron chi connectivity index (χ3n) is 13.9. The molecule has 0 fully saturated rings. The van der Waals surface area contributed by atoms with E-state index in [-0.39, 0.29) is 127 Å². The second-order valence-corrected chi connectivity index (χ2v) is 22.0. The monoisotopic (exact) mass is 1290 g/mol. The van der Waals surface area contributed by atoms with Crippen LogP contribution >= 0.6 is 55.1 Å². The van der Waals surface area contributed by atoms with Crippen molar-refractivity contribution in [3.63, 3.8) is 0 Å². The predicted octanol–water partition coefficient (Wildman–Crippen LogP) is 13.6. The topological polar surface area (TPSA) is 85.3 Å². The van der Waals surface area contributed by atoms with Crippen LogP contribution in [0.1, 0.15) is 51.4 Å². The summed E-state index contributed by atoms with van der Waals surface area (Å²) >= 11 is 18.5. The van der Waals surface area contributed by atoms with Crippen LogP contribution in [-0.4, -0.2) is 11.6 Å². The second kappa shape index (κ2) is 28.9. The SMILES string of the molecule is CC1(C)c2ccc(O)cc2-c2ccc(N(c3ccccc3)c3ccccc3)cc21.CC1(C)c2ccc(Oc3cccc(Br)c3Cl)cc2-c2ccc(N(c3ccccc3)c3ccccc3)cc21.Fc1cccc(Br)c1Cl.O=CO[O-].[H-].[K+].[K+]. The zero-order chi connectivity index (χ0) is 55.8. The van der Waals surface area contributed by atoms with Crippen LogP contribution in [0.3, 0.4) is 0 Å². The van der Waals surface area contributed by atoms with Crippen LogP contribution in [-0.2, 0) is 20.5 Å². The summed E-state index contributed by atoms with van der Waals surface area (Å²) in [5.74, 6) is 1.31. The summed E-state index contributed by atoms with van der Waals surface area (Å²) in [7, 11) is 0. The van der Waals surface area contributed by atoms with Crippen molar-refractivity contribution in [1.29, 1.82) is 0 Å². The molecule has 0 unspecified atom stereocenters. The van der Waals surface area contributed by atoms with Gasteiger partial charge in [-0.3, -0.25) is 4.79 Å². The summed E-state index contributed by atoms with van der Waals surface area (Å²) in [6, 6.07) is 77.8. The van der Waals surface area contributed by atoms with E-state index >= 15 is 0 Å². The van der Waals surface area contributed by atoms with Gasteiger partial charge in [0, 0.05) is 53.9 Å². The van der Waals surface area contributed by atoms with Crippen LogP contribution < -0.4 is 123 Å². The number of nitrogens with zero attached hydrogens (tertiary/aromatic N) is 2.